The number of rotatable bonds is 3. The maximum atomic E-state index is 14.4. The molecular weight excluding hydrogens is 329 g/mol. The van der Waals surface area contributed by atoms with Gasteiger partial charge in [-0.1, -0.05) is 35.9 Å². The monoisotopic (exact) mass is 341 g/mol. The Morgan fingerprint density at radius 1 is 1.21 bits per heavy atom. The van der Waals surface area contributed by atoms with Crippen molar-refractivity contribution in [2.24, 2.45) is 0 Å². The number of aromatic nitrogens is 1. The lowest BCUT2D eigenvalue weighted by Gasteiger charge is -2.16. The highest BCUT2D eigenvalue weighted by molar-refractivity contribution is 6.31. The summed E-state index contributed by atoms with van der Waals surface area (Å²) in [6, 6.07) is 11.5. The highest BCUT2D eigenvalue weighted by Gasteiger charge is 2.32. The highest BCUT2D eigenvalue weighted by atomic mass is 35.5. The molecule has 0 aliphatic heterocycles. The first-order valence-electron chi connectivity index (χ1n) is 7.67. The number of fused-ring (bicyclic) bond motifs is 1. The molecular formula is C19H13ClFNO2. The van der Waals surface area contributed by atoms with Gasteiger partial charge in [-0.2, -0.15) is 0 Å². The van der Waals surface area contributed by atoms with E-state index in [4.69, 9.17) is 11.6 Å². The van der Waals surface area contributed by atoms with E-state index in [2.05, 4.69) is 4.98 Å². The number of benzene rings is 2. The minimum Gasteiger partial charge on any atom is -0.476 e. The van der Waals surface area contributed by atoms with Crippen LogP contribution in [-0.2, 0) is 0 Å². The van der Waals surface area contributed by atoms with Crippen LogP contribution in [0.1, 0.15) is 34.8 Å². The van der Waals surface area contributed by atoms with Gasteiger partial charge in [-0.3, -0.25) is 0 Å². The van der Waals surface area contributed by atoms with E-state index in [9.17, 15) is 14.3 Å². The normalized spacial score (nSPS) is 14.1. The predicted molar refractivity (Wildman–Crippen MR) is 91.1 cm³/mol. The van der Waals surface area contributed by atoms with Gasteiger partial charge in [0.25, 0.3) is 0 Å². The molecule has 1 fully saturated rings. The standard InChI is InChI=1S/C19H13ClFNO2/c20-11-7-8-13-15(9-11)22-18(19(23)24)17(16(13)10-5-6-10)12-3-1-2-4-14(12)21/h1-4,7-10H,5-6H2,(H,23,24). The molecule has 0 radical (unpaired) electrons. The van der Waals surface area contributed by atoms with Gasteiger partial charge in [0, 0.05) is 21.5 Å². The van der Waals surface area contributed by atoms with Crippen molar-refractivity contribution in [3.05, 3.63) is 64.6 Å². The van der Waals surface area contributed by atoms with Crippen LogP contribution < -0.4 is 0 Å². The molecule has 1 heterocycles. The predicted octanol–water partition coefficient (Wildman–Crippen LogP) is 5.27. The Kier molecular flexibility index (Phi) is 3.50. The number of carboxylic acid groups (broad SMARTS) is 1. The summed E-state index contributed by atoms with van der Waals surface area (Å²) in [5.74, 6) is -1.39. The van der Waals surface area contributed by atoms with Crippen LogP contribution in [0.2, 0.25) is 5.02 Å². The van der Waals surface area contributed by atoms with Gasteiger partial charge in [0.15, 0.2) is 5.69 Å². The van der Waals surface area contributed by atoms with E-state index < -0.39 is 11.8 Å². The Hall–Kier alpha value is -2.46. The van der Waals surface area contributed by atoms with Crippen LogP contribution in [0.25, 0.3) is 22.0 Å². The second-order valence-corrected chi connectivity index (χ2v) is 6.41. The van der Waals surface area contributed by atoms with Gasteiger partial charge in [-0.15, -0.1) is 0 Å². The molecule has 1 N–H and O–H groups in total. The van der Waals surface area contributed by atoms with Gasteiger partial charge >= 0.3 is 5.97 Å². The van der Waals surface area contributed by atoms with Gasteiger partial charge in [0.1, 0.15) is 5.82 Å². The van der Waals surface area contributed by atoms with Crippen LogP contribution in [0.3, 0.4) is 0 Å². The summed E-state index contributed by atoms with van der Waals surface area (Å²) >= 11 is 6.03. The Labute approximate surface area is 142 Å². The number of halogens is 2. The molecule has 0 bridgehead atoms. The first-order chi connectivity index (χ1) is 11.6. The molecule has 0 unspecified atom stereocenters. The average molecular weight is 342 g/mol. The number of hydrogen-bond donors (Lipinski definition) is 1. The first kappa shape index (κ1) is 15.1. The first-order valence-corrected chi connectivity index (χ1v) is 8.05. The Morgan fingerprint density at radius 3 is 2.62 bits per heavy atom. The van der Waals surface area contributed by atoms with Crippen molar-refractivity contribution in [3.63, 3.8) is 0 Å². The molecule has 1 aliphatic carbocycles. The SMILES string of the molecule is O=C(O)c1nc2cc(Cl)ccc2c(C2CC2)c1-c1ccccc1F. The number of carboxylic acids is 1. The molecule has 5 heteroatoms. The zero-order valence-electron chi connectivity index (χ0n) is 12.6. The molecule has 0 spiro atoms. The van der Waals surface area contributed by atoms with Gasteiger partial charge in [-0.25, -0.2) is 14.2 Å². The quantitative estimate of drug-likeness (QED) is 0.706. The van der Waals surface area contributed by atoms with Crippen LogP contribution in [0.15, 0.2) is 42.5 Å². The molecule has 4 rings (SSSR count). The summed E-state index contributed by atoms with van der Waals surface area (Å²) in [4.78, 5) is 16.1. The van der Waals surface area contributed by atoms with Crippen molar-refractivity contribution in [1.29, 1.82) is 0 Å². The molecule has 3 aromatic rings. The molecule has 2 aromatic carbocycles. The fourth-order valence-corrected chi connectivity index (χ4v) is 3.32. The molecule has 0 amide bonds. The fourth-order valence-electron chi connectivity index (χ4n) is 3.15. The van der Waals surface area contributed by atoms with Gasteiger partial charge < -0.3 is 5.11 Å². The Bertz CT molecular complexity index is 983. The zero-order valence-corrected chi connectivity index (χ0v) is 13.3. The van der Waals surface area contributed by atoms with E-state index in [0.29, 0.717) is 16.1 Å². The Morgan fingerprint density at radius 2 is 1.96 bits per heavy atom. The third kappa shape index (κ3) is 2.43. The molecule has 0 atom stereocenters. The highest BCUT2D eigenvalue weighted by Crippen LogP contribution is 2.48. The number of pyridine rings is 1. The van der Waals surface area contributed by atoms with Crippen LogP contribution in [-0.4, -0.2) is 16.1 Å². The van der Waals surface area contributed by atoms with Gasteiger partial charge in [0.2, 0.25) is 0 Å². The van der Waals surface area contributed by atoms with E-state index in [1.807, 2.05) is 6.07 Å². The van der Waals surface area contributed by atoms with E-state index in [1.54, 1.807) is 30.3 Å². The van der Waals surface area contributed by atoms with E-state index in [0.717, 1.165) is 23.8 Å². The molecule has 3 nitrogen and oxygen atoms in total. The lowest BCUT2D eigenvalue weighted by molar-refractivity contribution is 0.0692. The number of carbonyl (C=O) groups is 1. The molecule has 120 valence electrons. The van der Waals surface area contributed by atoms with Gasteiger partial charge in [0.05, 0.1) is 5.52 Å². The van der Waals surface area contributed by atoms with E-state index in [1.165, 1.54) is 6.07 Å². The molecule has 24 heavy (non-hydrogen) atoms. The van der Waals surface area contributed by atoms with Crippen molar-refractivity contribution in [3.8, 4) is 11.1 Å². The number of hydrogen-bond acceptors (Lipinski definition) is 2. The van der Waals surface area contributed by atoms with Crippen molar-refractivity contribution in [2.75, 3.05) is 0 Å². The number of aromatic carboxylic acids is 1. The van der Waals surface area contributed by atoms with Crippen molar-refractivity contribution >= 4 is 28.5 Å². The average Bonchev–Trinajstić information content (AvgIpc) is 3.38. The summed E-state index contributed by atoms with van der Waals surface area (Å²) in [6.45, 7) is 0. The third-order valence-corrected chi connectivity index (χ3v) is 4.55. The number of nitrogens with zero attached hydrogens (tertiary/aromatic N) is 1. The second kappa shape index (κ2) is 5.56. The van der Waals surface area contributed by atoms with Crippen molar-refractivity contribution in [2.45, 2.75) is 18.8 Å². The summed E-state index contributed by atoms with van der Waals surface area (Å²) in [6.07, 6.45) is 1.92. The summed E-state index contributed by atoms with van der Waals surface area (Å²) < 4.78 is 14.4. The topological polar surface area (TPSA) is 50.2 Å². The largest absolute Gasteiger partial charge is 0.476 e. The van der Waals surface area contributed by atoms with E-state index in [-0.39, 0.29) is 17.2 Å². The third-order valence-electron chi connectivity index (χ3n) is 4.32. The smallest absolute Gasteiger partial charge is 0.355 e. The molecule has 1 saturated carbocycles. The van der Waals surface area contributed by atoms with Crippen molar-refractivity contribution in [1.82, 2.24) is 4.98 Å². The molecule has 1 aliphatic rings. The summed E-state index contributed by atoms with van der Waals surface area (Å²) in [5.41, 5.74) is 1.93. The van der Waals surface area contributed by atoms with E-state index >= 15 is 0 Å². The summed E-state index contributed by atoms with van der Waals surface area (Å²) in [5, 5.41) is 11.0. The molecule has 1 aromatic heterocycles. The minimum atomic E-state index is -1.17. The lowest BCUT2D eigenvalue weighted by Crippen LogP contribution is -2.08. The van der Waals surface area contributed by atoms with Crippen LogP contribution in [0, 0.1) is 5.82 Å². The molecule has 0 saturated heterocycles. The van der Waals surface area contributed by atoms with Crippen LogP contribution in [0.5, 0.6) is 0 Å². The minimum absolute atomic E-state index is 0.128. The Balaban J connectivity index is 2.16. The maximum absolute atomic E-state index is 14.4. The fraction of sp³-hybridized carbons (Fsp3) is 0.158. The van der Waals surface area contributed by atoms with Crippen LogP contribution >= 0.6 is 11.6 Å². The zero-order chi connectivity index (χ0) is 16.8. The second-order valence-electron chi connectivity index (χ2n) is 5.97. The van der Waals surface area contributed by atoms with Gasteiger partial charge in [-0.05, 0) is 42.5 Å². The van der Waals surface area contributed by atoms with Crippen molar-refractivity contribution < 1.29 is 14.3 Å². The van der Waals surface area contributed by atoms with Crippen LogP contribution in [0.4, 0.5) is 4.39 Å². The summed E-state index contributed by atoms with van der Waals surface area (Å²) in [7, 11) is 0. The maximum Gasteiger partial charge on any atom is 0.355 e. The lowest BCUT2D eigenvalue weighted by atomic mass is 9.91.